The first-order valence-corrected chi connectivity index (χ1v) is 22.5. The van der Waals surface area contributed by atoms with Crippen LogP contribution in [0.1, 0.15) is 178 Å². The maximum Gasteiger partial charge on any atom is 0.408 e. The van der Waals surface area contributed by atoms with Crippen LogP contribution < -0.4 is 16.0 Å². The predicted molar refractivity (Wildman–Crippen MR) is 222 cm³/mol. The Morgan fingerprint density at radius 2 is 1.38 bits per heavy atom. The van der Waals surface area contributed by atoms with Crippen LogP contribution in [0, 0.1) is 56.7 Å². The van der Waals surface area contributed by atoms with Crippen LogP contribution in [0.15, 0.2) is 12.2 Å². The number of aliphatic hydroxyl groups excluding tert-OH is 1. The summed E-state index contributed by atoms with van der Waals surface area (Å²) in [6.45, 7) is 27.8. The Bertz CT molecular complexity index is 1400. The van der Waals surface area contributed by atoms with E-state index in [-0.39, 0.29) is 39.1 Å². The topological polar surface area (TPSA) is 117 Å². The highest BCUT2D eigenvalue weighted by atomic mass is 16.6. The molecule has 4 N–H and O–H groups in total. The zero-order valence-corrected chi connectivity index (χ0v) is 36.8. The van der Waals surface area contributed by atoms with Crippen LogP contribution in [-0.4, -0.2) is 53.9 Å². The van der Waals surface area contributed by atoms with Crippen LogP contribution in [0.3, 0.4) is 0 Å². The molecule has 3 amide bonds. The molecule has 11 atom stereocenters. The normalized spacial score (nSPS) is 38.3. The molecule has 0 saturated heterocycles. The van der Waals surface area contributed by atoms with Gasteiger partial charge in [0, 0.05) is 13.1 Å². The summed E-state index contributed by atoms with van der Waals surface area (Å²) in [6.07, 6.45) is 18.0. The first-order valence-electron chi connectivity index (χ1n) is 22.5. The Hall–Kier alpha value is -2.09. The highest BCUT2D eigenvalue weighted by molar-refractivity contribution is 5.85. The minimum absolute atomic E-state index is 0.0344. The van der Waals surface area contributed by atoms with Gasteiger partial charge in [-0.25, -0.2) is 4.79 Å². The van der Waals surface area contributed by atoms with Crippen molar-refractivity contribution in [1.29, 1.82) is 0 Å². The molecule has 5 aliphatic rings. The number of nitrogens with one attached hydrogen (secondary N) is 3. The highest BCUT2D eigenvalue weighted by Crippen LogP contribution is 2.77. The predicted octanol–water partition coefficient (Wildman–Crippen LogP) is 9.88. The summed E-state index contributed by atoms with van der Waals surface area (Å²) in [5.74, 6) is 2.72. The number of allylic oxidation sites excluding steroid dienone is 1. The van der Waals surface area contributed by atoms with Gasteiger partial charge in [0.15, 0.2) is 0 Å². The van der Waals surface area contributed by atoms with Gasteiger partial charge in [-0.2, -0.15) is 0 Å². The fourth-order valence-electron chi connectivity index (χ4n) is 14.0. The molecule has 55 heavy (non-hydrogen) atoms. The average Bonchev–Trinajstić information content (AvgIpc) is 3.49. The first kappa shape index (κ1) is 44.0. The minimum atomic E-state index is -0.640. The number of hydrogen-bond acceptors (Lipinski definition) is 5. The Morgan fingerprint density at radius 3 is 2.00 bits per heavy atom. The molecule has 0 heterocycles. The maximum atomic E-state index is 14.5. The minimum Gasteiger partial charge on any atom is -0.444 e. The first-order chi connectivity index (χ1) is 25.6. The van der Waals surface area contributed by atoms with Gasteiger partial charge >= 0.3 is 6.09 Å². The van der Waals surface area contributed by atoms with Gasteiger partial charge in [-0.3, -0.25) is 9.59 Å². The zero-order chi connectivity index (χ0) is 40.6. The Balaban J connectivity index is 1.08. The van der Waals surface area contributed by atoms with Crippen molar-refractivity contribution in [2.45, 2.75) is 196 Å². The second-order valence-corrected chi connectivity index (χ2v) is 21.6. The van der Waals surface area contributed by atoms with Crippen molar-refractivity contribution < 1.29 is 24.2 Å². The zero-order valence-electron chi connectivity index (χ0n) is 36.8. The number of hydrogen-bond donors (Lipinski definition) is 4. The third kappa shape index (κ3) is 8.42. The van der Waals surface area contributed by atoms with Gasteiger partial charge in [0.1, 0.15) is 11.6 Å². The Labute approximate surface area is 335 Å². The molecule has 0 aromatic carbocycles. The van der Waals surface area contributed by atoms with Crippen LogP contribution >= 0.6 is 0 Å². The van der Waals surface area contributed by atoms with E-state index in [1.165, 1.54) is 31.3 Å². The summed E-state index contributed by atoms with van der Waals surface area (Å²) >= 11 is 0. The van der Waals surface area contributed by atoms with Gasteiger partial charge in [-0.15, -0.1) is 0 Å². The molecule has 0 aromatic heterocycles. The summed E-state index contributed by atoms with van der Waals surface area (Å²) in [4.78, 5) is 38.7. The van der Waals surface area contributed by atoms with Crippen molar-refractivity contribution in [1.82, 2.24) is 16.0 Å². The van der Waals surface area contributed by atoms with Crippen molar-refractivity contribution in [2.75, 3.05) is 13.1 Å². The lowest BCUT2D eigenvalue weighted by Crippen LogP contribution is -2.67. The standard InChI is InChI=1S/C47H81N3O5/c1-31(2)33-21-26-47(40(53)49-30-18-16-14-12-13-15-17-29-48-39(52)32(3)50-41(54)55-42(4,5)6)28-27-45(10)34(38(33)47)19-20-36-44(9)24-23-37(51)43(7,8)35(44)22-25-46(36,45)11/h32-38,51H,1,12-30H2,2-11H3,(H,48,52)(H,49,53)(H,50,54)/t32-,33-,34+,35-,36+,37-,38+,44-,45+,46+,47-/m0/s1. The van der Waals surface area contributed by atoms with Crippen LogP contribution in [-0.2, 0) is 14.3 Å². The lowest BCUT2D eigenvalue weighted by molar-refractivity contribution is -0.246. The summed E-state index contributed by atoms with van der Waals surface area (Å²) in [6, 6.07) is -0.640. The summed E-state index contributed by atoms with van der Waals surface area (Å²) in [5, 5.41) is 20.1. The van der Waals surface area contributed by atoms with Gasteiger partial charge in [0.05, 0.1) is 11.5 Å². The van der Waals surface area contributed by atoms with E-state index >= 15 is 0 Å². The molecule has 0 unspecified atom stereocenters. The Morgan fingerprint density at radius 1 is 0.764 bits per heavy atom. The molecule has 0 bridgehead atoms. The fourth-order valence-corrected chi connectivity index (χ4v) is 14.0. The summed E-state index contributed by atoms with van der Waals surface area (Å²) in [7, 11) is 0. The van der Waals surface area contributed by atoms with E-state index in [2.05, 4.69) is 64.1 Å². The van der Waals surface area contributed by atoms with E-state index in [1.807, 2.05) is 0 Å². The molecule has 5 rings (SSSR count). The Kier molecular flexibility index (Phi) is 13.3. The van der Waals surface area contributed by atoms with Crippen molar-refractivity contribution in [3.05, 3.63) is 12.2 Å². The molecule has 8 nitrogen and oxygen atoms in total. The number of ether oxygens (including phenoxy) is 1. The van der Waals surface area contributed by atoms with E-state index in [1.54, 1.807) is 27.7 Å². The number of alkyl carbamates (subject to hydrolysis) is 1. The molecule has 314 valence electrons. The van der Waals surface area contributed by atoms with Gasteiger partial charge < -0.3 is 25.8 Å². The number of unbranched alkanes of at least 4 members (excludes halogenated alkanes) is 6. The number of carbonyl (C=O) groups excluding carboxylic acids is 3. The molecule has 5 saturated carbocycles. The number of aliphatic hydroxyl groups is 1. The summed E-state index contributed by atoms with van der Waals surface area (Å²) < 4.78 is 5.23. The van der Waals surface area contributed by atoms with Crippen LogP contribution in [0.5, 0.6) is 0 Å². The molecule has 8 heteroatoms. The smallest absolute Gasteiger partial charge is 0.408 e. The number of rotatable bonds is 14. The van der Waals surface area contributed by atoms with Crippen LogP contribution in [0.2, 0.25) is 0 Å². The summed E-state index contributed by atoms with van der Waals surface area (Å²) in [5.41, 5.74) is 1.09. The highest BCUT2D eigenvalue weighted by Gasteiger charge is 2.71. The molecule has 0 spiro atoms. The lowest BCUT2D eigenvalue weighted by atomic mass is 9.32. The fraction of sp³-hybridized carbons (Fsp3) is 0.894. The SMILES string of the molecule is C=C(C)[C@@H]1CC[C@]2(C(=O)NCCCCCCCCCNC(=O)[C@H](C)NC(=O)OC(C)(C)C)CC[C@]3(C)[C@H](CC[C@@H]4[C@@]5(C)CC[C@H](O)C(C)(C)[C@@H]5CC[C@]43C)[C@@H]12. The van der Waals surface area contributed by atoms with Gasteiger partial charge in [-0.05, 0) is 163 Å². The molecule has 0 aromatic rings. The second-order valence-electron chi connectivity index (χ2n) is 21.6. The van der Waals surface area contributed by atoms with Crippen molar-refractivity contribution in [3.8, 4) is 0 Å². The largest absolute Gasteiger partial charge is 0.444 e. The monoisotopic (exact) mass is 768 g/mol. The van der Waals surface area contributed by atoms with Crippen LogP contribution in [0.25, 0.3) is 0 Å². The molecular weight excluding hydrogens is 687 g/mol. The molecule has 0 aliphatic heterocycles. The van der Waals surface area contributed by atoms with E-state index in [9.17, 15) is 19.5 Å². The second kappa shape index (κ2) is 16.6. The number of carbonyl (C=O) groups is 3. The maximum absolute atomic E-state index is 14.5. The molecule has 5 aliphatic carbocycles. The number of fused-ring (bicyclic) bond motifs is 7. The van der Waals surface area contributed by atoms with Gasteiger partial charge in [0.2, 0.25) is 11.8 Å². The third-order valence-corrected chi connectivity index (χ3v) is 17.1. The molecular formula is C47H81N3O5. The molecule has 5 fully saturated rings. The molecule has 0 radical (unpaired) electrons. The number of amides is 3. The lowest BCUT2D eigenvalue weighted by Gasteiger charge is -2.72. The van der Waals surface area contributed by atoms with Crippen molar-refractivity contribution in [3.63, 3.8) is 0 Å². The van der Waals surface area contributed by atoms with E-state index < -0.39 is 17.7 Å². The average molecular weight is 768 g/mol. The van der Waals surface area contributed by atoms with E-state index in [0.29, 0.717) is 42.0 Å². The van der Waals surface area contributed by atoms with Crippen molar-refractivity contribution >= 4 is 17.9 Å². The van der Waals surface area contributed by atoms with Gasteiger partial charge in [-0.1, -0.05) is 78.9 Å². The van der Waals surface area contributed by atoms with Gasteiger partial charge in [0.25, 0.3) is 0 Å². The van der Waals surface area contributed by atoms with Crippen LogP contribution in [0.4, 0.5) is 4.79 Å². The quantitative estimate of drug-likeness (QED) is 0.104. The van der Waals surface area contributed by atoms with E-state index in [0.717, 1.165) is 90.0 Å². The third-order valence-electron chi connectivity index (χ3n) is 17.1. The van der Waals surface area contributed by atoms with Crippen molar-refractivity contribution in [2.24, 2.45) is 56.7 Å². The van der Waals surface area contributed by atoms with E-state index in [4.69, 9.17) is 4.74 Å².